The quantitative estimate of drug-likeness (QED) is 0.773. The Hall–Kier alpha value is -0.980. The molecule has 4 nitrogen and oxygen atoms in total. The first-order chi connectivity index (χ1) is 7.49. The Balaban J connectivity index is 2.48. The van der Waals surface area contributed by atoms with Gasteiger partial charge in [-0.05, 0) is 5.25 Å². The fourth-order valence-electron chi connectivity index (χ4n) is 0.888. The van der Waals surface area contributed by atoms with Crippen LogP contribution in [0, 0.1) is 0 Å². The first-order valence-electron chi connectivity index (χ1n) is 4.73. The molecule has 0 radical (unpaired) electrons. The highest BCUT2D eigenvalue weighted by Crippen LogP contribution is 2.15. The third kappa shape index (κ3) is 4.26. The Morgan fingerprint density at radius 3 is 2.75 bits per heavy atom. The minimum absolute atomic E-state index is 0.0512. The number of thioether (sulfide) groups is 1. The average Bonchev–Trinajstić information content (AvgIpc) is 2.62. The molecule has 0 atom stereocenters. The lowest BCUT2D eigenvalue weighted by atomic mass is 10.3. The van der Waals surface area contributed by atoms with Gasteiger partial charge in [-0.2, -0.15) is 16.7 Å². The van der Waals surface area contributed by atoms with Crippen LogP contribution in [0.3, 0.4) is 0 Å². The van der Waals surface area contributed by atoms with Crippen molar-refractivity contribution in [1.29, 1.82) is 0 Å². The van der Waals surface area contributed by atoms with E-state index in [1.54, 1.807) is 11.8 Å². The third-order valence-corrected chi connectivity index (χ3v) is 2.72. The minimum Gasteiger partial charge on any atom is -0.339 e. The number of aromatic nitrogens is 2. The van der Waals surface area contributed by atoms with Crippen molar-refractivity contribution in [2.75, 3.05) is 0 Å². The number of halogens is 2. The van der Waals surface area contributed by atoms with Crippen molar-refractivity contribution in [2.24, 2.45) is 0 Å². The van der Waals surface area contributed by atoms with Crippen LogP contribution in [0.25, 0.3) is 0 Å². The second-order valence-corrected chi connectivity index (χ2v) is 4.97. The van der Waals surface area contributed by atoms with E-state index in [9.17, 15) is 13.6 Å². The second kappa shape index (κ2) is 5.93. The van der Waals surface area contributed by atoms with E-state index in [-0.39, 0.29) is 5.89 Å². The van der Waals surface area contributed by atoms with Crippen molar-refractivity contribution in [1.82, 2.24) is 10.1 Å². The van der Waals surface area contributed by atoms with Gasteiger partial charge in [-0.1, -0.05) is 19.0 Å². The van der Waals surface area contributed by atoms with E-state index in [1.807, 2.05) is 13.8 Å². The van der Waals surface area contributed by atoms with Crippen LogP contribution in [0.5, 0.6) is 0 Å². The van der Waals surface area contributed by atoms with E-state index in [0.29, 0.717) is 16.8 Å². The van der Waals surface area contributed by atoms with Crippen LogP contribution in [0.2, 0.25) is 0 Å². The fraction of sp³-hybridized carbons (Fsp3) is 0.667. The first-order valence-corrected chi connectivity index (χ1v) is 5.78. The number of Topliss-reactive ketones (excluding diaryl/α,β-unsaturated/α-hetero) is 1. The lowest BCUT2D eigenvalue weighted by Gasteiger charge is -1.99. The zero-order chi connectivity index (χ0) is 12.1. The van der Waals surface area contributed by atoms with Crippen molar-refractivity contribution in [3.8, 4) is 0 Å². The summed E-state index contributed by atoms with van der Waals surface area (Å²) < 4.78 is 28.6. The Bertz CT molecular complexity index is 355. The summed E-state index contributed by atoms with van der Waals surface area (Å²) in [5.74, 6) is -0.281. The largest absolute Gasteiger partial charge is 0.339 e. The van der Waals surface area contributed by atoms with Crippen LogP contribution in [0.15, 0.2) is 4.52 Å². The summed E-state index contributed by atoms with van der Waals surface area (Å²) in [4.78, 5) is 14.6. The van der Waals surface area contributed by atoms with Crippen LogP contribution < -0.4 is 0 Å². The molecular weight excluding hydrogens is 238 g/mol. The van der Waals surface area contributed by atoms with E-state index in [1.165, 1.54) is 0 Å². The molecule has 0 amide bonds. The van der Waals surface area contributed by atoms with Gasteiger partial charge >= 0.3 is 0 Å². The molecule has 1 aromatic rings. The second-order valence-electron chi connectivity index (χ2n) is 3.41. The molecule has 0 fully saturated rings. The van der Waals surface area contributed by atoms with Crippen molar-refractivity contribution >= 4 is 17.5 Å². The maximum atomic E-state index is 11.9. The number of hydrogen-bond acceptors (Lipinski definition) is 5. The number of carbonyl (C=O) groups is 1. The maximum Gasteiger partial charge on any atom is 0.296 e. The number of carbonyl (C=O) groups excluding carboxylic acids is 1. The van der Waals surface area contributed by atoms with Gasteiger partial charge in [0.25, 0.3) is 6.43 Å². The summed E-state index contributed by atoms with van der Waals surface area (Å²) in [5, 5.41) is 4.02. The Morgan fingerprint density at radius 2 is 2.19 bits per heavy atom. The summed E-state index contributed by atoms with van der Waals surface area (Å²) in [7, 11) is 0. The summed E-state index contributed by atoms with van der Waals surface area (Å²) in [6.45, 7) is 4.04. The van der Waals surface area contributed by atoms with Gasteiger partial charge in [-0.25, -0.2) is 8.78 Å². The van der Waals surface area contributed by atoms with Gasteiger partial charge in [0.15, 0.2) is 5.82 Å². The Labute approximate surface area is 95.8 Å². The molecule has 0 aliphatic heterocycles. The monoisotopic (exact) mass is 250 g/mol. The molecule has 1 rings (SSSR count). The predicted octanol–water partition coefficient (Wildman–Crippen LogP) is 2.09. The van der Waals surface area contributed by atoms with Gasteiger partial charge in [-0.3, -0.25) is 4.79 Å². The normalized spacial score (nSPS) is 11.4. The third-order valence-electron chi connectivity index (χ3n) is 1.62. The fourth-order valence-corrected chi connectivity index (χ4v) is 1.49. The predicted molar refractivity (Wildman–Crippen MR) is 55.4 cm³/mol. The van der Waals surface area contributed by atoms with E-state index in [0.717, 1.165) is 0 Å². The maximum absolute atomic E-state index is 11.9. The summed E-state index contributed by atoms with van der Waals surface area (Å²) in [6.07, 6.45) is -3.49. The number of ketones is 1. The van der Waals surface area contributed by atoms with Crippen molar-refractivity contribution in [3.05, 3.63) is 11.7 Å². The molecule has 0 aromatic carbocycles. The highest BCUT2D eigenvalue weighted by molar-refractivity contribution is 7.99. The summed E-state index contributed by atoms with van der Waals surface area (Å²) >= 11 is 1.60. The van der Waals surface area contributed by atoms with Crippen LogP contribution in [0.1, 0.15) is 25.6 Å². The van der Waals surface area contributed by atoms with Gasteiger partial charge in [0.2, 0.25) is 11.7 Å². The lowest BCUT2D eigenvalue weighted by molar-refractivity contribution is -0.129. The molecular formula is C9H12F2N2O2S. The van der Waals surface area contributed by atoms with Crippen LogP contribution in [-0.2, 0) is 17.0 Å². The summed E-state index contributed by atoms with van der Waals surface area (Å²) in [6, 6.07) is 0. The summed E-state index contributed by atoms with van der Waals surface area (Å²) in [5.41, 5.74) is 0. The van der Waals surface area contributed by atoms with Gasteiger partial charge in [0, 0.05) is 0 Å². The van der Waals surface area contributed by atoms with Crippen LogP contribution in [0.4, 0.5) is 8.78 Å². The lowest BCUT2D eigenvalue weighted by Crippen LogP contribution is -2.12. The number of alkyl halides is 2. The Morgan fingerprint density at radius 1 is 1.50 bits per heavy atom. The van der Waals surface area contributed by atoms with E-state index in [4.69, 9.17) is 0 Å². The van der Waals surface area contributed by atoms with Gasteiger partial charge in [0.1, 0.15) is 0 Å². The molecule has 0 N–H and O–H groups in total. The topological polar surface area (TPSA) is 56.0 Å². The van der Waals surface area contributed by atoms with Crippen LogP contribution >= 0.6 is 11.8 Å². The van der Waals surface area contributed by atoms with Crippen LogP contribution in [-0.4, -0.2) is 27.6 Å². The van der Waals surface area contributed by atoms with Crippen molar-refractivity contribution < 1.29 is 18.1 Å². The smallest absolute Gasteiger partial charge is 0.296 e. The molecule has 16 heavy (non-hydrogen) atoms. The molecule has 1 aromatic heterocycles. The molecule has 7 heteroatoms. The average molecular weight is 250 g/mol. The number of nitrogens with zero attached hydrogens (tertiary/aromatic N) is 2. The molecule has 1 heterocycles. The van der Waals surface area contributed by atoms with Crippen molar-refractivity contribution in [2.45, 2.75) is 37.7 Å². The van der Waals surface area contributed by atoms with Gasteiger partial charge in [0.05, 0.1) is 12.2 Å². The zero-order valence-corrected chi connectivity index (χ0v) is 9.76. The highest BCUT2D eigenvalue weighted by atomic mass is 32.2. The molecule has 0 unspecified atom stereocenters. The number of hydrogen-bond donors (Lipinski definition) is 0. The van der Waals surface area contributed by atoms with E-state index in [2.05, 4.69) is 14.7 Å². The highest BCUT2D eigenvalue weighted by Gasteiger charge is 2.19. The standard InChI is InChI=1S/C9H12F2N2O2S/c1-5(2)16-4-7-12-8(15-13-7)3-6(14)9(10)11/h5,9H,3-4H2,1-2H3. The number of rotatable bonds is 6. The molecule has 0 spiro atoms. The van der Waals surface area contributed by atoms with Crippen molar-refractivity contribution in [3.63, 3.8) is 0 Å². The molecule has 0 saturated heterocycles. The van der Waals surface area contributed by atoms with Gasteiger partial charge < -0.3 is 4.52 Å². The zero-order valence-electron chi connectivity index (χ0n) is 8.94. The molecule has 0 saturated carbocycles. The molecule has 0 aliphatic rings. The van der Waals surface area contributed by atoms with E-state index < -0.39 is 18.6 Å². The SMILES string of the molecule is CC(C)SCc1noc(CC(=O)C(F)F)n1. The molecule has 90 valence electrons. The van der Waals surface area contributed by atoms with Gasteiger partial charge in [-0.15, -0.1) is 0 Å². The molecule has 0 bridgehead atoms. The minimum atomic E-state index is -2.99. The first kappa shape index (κ1) is 13.1. The van der Waals surface area contributed by atoms with E-state index >= 15 is 0 Å². The Kier molecular flexibility index (Phi) is 4.85. The molecule has 0 aliphatic carbocycles.